The van der Waals surface area contributed by atoms with Crippen molar-refractivity contribution in [3.05, 3.63) is 65.8 Å². The number of aromatic amines is 1. The molecule has 9 heteroatoms. The number of aliphatic hydroxyl groups excluding tert-OH is 1. The molecule has 0 bridgehead atoms. The van der Waals surface area contributed by atoms with Crippen molar-refractivity contribution < 1.29 is 14.2 Å². The van der Waals surface area contributed by atoms with Crippen LogP contribution >= 0.6 is 0 Å². The molecule has 4 aromatic heterocycles. The summed E-state index contributed by atoms with van der Waals surface area (Å²) in [5.74, 6) is 0.414. The average molecular weight is 406 g/mol. The third-order valence-electron chi connectivity index (χ3n) is 5.18. The Labute approximate surface area is 171 Å². The Morgan fingerprint density at radius 2 is 2.03 bits per heavy atom. The Balaban J connectivity index is 1.40. The molecule has 0 aliphatic heterocycles. The molecule has 30 heavy (non-hydrogen) atoms. The summed E-state index contributed by atoms with van der Waals surface area (Å²) < 4.78 is 20.0. The molecule has 1 fully saturated rings. The van der Waals surface area contributed by atoms with Crippen molar-refractivity contribution in [1.29, 1.82) is 0 Å². The van der Waals surface area contributed by atoms with E-state index in [1.165, 1.54) is 32.3 Å². The maximum atomic E-state index is 14.8. The van der Waals surface area contributed by atoms with E-state index >= 15 is 0 Å². The van der Waals surface area contributed by atoms with E-state index in [9.17, 15) is 9.50 Å². The van der Waals surface area contributed by atoms with E-state index in [4.69, 9.17) is 4.74 Å². The molecule has 152 valence electrons. The quantitative estimate of drug-likeness (QED) is 0.420. The van der Waals surface area contributed by atoms with Gasteiger partial charge in [-0.3, -0.25) is 4.98 Å². The number of methoxy groups -OCH3 is 1. The molecule has 1 unspecified atom stereocenters. The van der Waals surface area contributed by atoms with Crippen molar-refractivity contribution in [3.8, 4) is 5.88 Å². The molecule has 1 saturated carbocycles. The van der Waals surface area contributed by atoms with Gasteiger partial charge in [0.15, 0.2) is 0 Å². The molecule has 0 saturated heterocycles. The van der Waals surface area contributed by atoms with Crippen molar-refractivity contribution in [2.75, 3.05) is 12.4 Å². The summed E-state index contributed by atoms with van der Waals surface area (Å²) >= 11 is 0. The third kappa shape index (κ3) is 3.33. The second kappa shape index (κ2) is 7.34. The van der Waals surface area contributed by atoms with Crippen LogP contribution in [0, 0.1) is 5.95 Å². The lowest BCUT2D eigenvalue weighted by molar-refractivity contribution is 0.215. The first-order valence-electron chi connectivity index (χ1n) is 9.57. The largest absolute Gasteiger partial charge is 0.480 e. The Kier molecular flexibility index (Phi) is 4.51. The normalized spacial score (nSPS) is 14.6. The monoisotopic (exact) mass is 406 g/mol. The summed E-state index contributed by atoms with van der Waals surface area (Å²) in [6.07, 6.45) is 5.73. The van der Waals surface area contributed by atoms with Gasteiger partial charge in [-0.2, -0.15) is 4.39 Å². The van der Waals surface area contributed by atoms with Gasteiger partial charge < -0.3 is 20.1 Å². The van der Waals surface area contributed by atoms with Gasteiger partial charge in [0, 0.05) is 28.9 Å². The van der Waals surface area contributed by atoms with Crippen molar-refractivity contribution in [2.24, 2.45) is 0 Å². The second-order valence-electron chi connectivity index (χ2n) is 7.20. The fourth-order valence-electron chi connectivity index (χ4n) is 3.46. The fourth-order valence-corrected chi connectivity index (χ4v) is 3.46. The predicted octanol–water partition coefficient (Wildman–Crippen LogP) is 3.60. The molecular weight excluding hydrogens is 387 g/mol. The second-order valence-corrected chi connectivity index (χ2v) is 7.20. The van der Waals surface area contributed by atoms with Crippen molar-refractivity contribution in [2.45, 2.75) is 24.9 Å². The Hall–Kier alpha value is -3.59. The molecule has 0 radical (unpaired) electrons. The SMILES string of the molecule is COc1ncnc2[nH]cc(C(O)c3ccc(Nc4ccc(C5CC5)nc4)nc3F)c12. The highest BCUT2D eigenvalue weighted by Crippen LogP contribution is 2.39. The van der Waals surface area contributed by atoms with Crippen molar-refractivity contribution >= 4 is 22.5 Å². The molecule has 1 aliphatic carbocycles. The van der Waals surface area contributed by atoms with Crippen LogP contribution in [0.5, 0.6) is 5.88 Å². The number of hydrogen-bond acceptors (Lipinski definition) is 7. The van der Waals surface area contributed by atoms with E-state index < -0.39 is 12.1 Å². The number of anilines is 2. The minimum atomic E-state index is -1.26. The van der Waals surface area contributed by atoms with Gasteiger partial charge in [-0.05, 0) is 37.1 Å². The Morgan fingerprint density at radius 3 is 2.73 bits per heavy atom. The van der Waals surface area contributed by atoms with Crippen LogP contribution < -0.4 is 10.1 Å². The number of halogens is 1. The van der Waals surface area contributed by atoms with Crippen LogP contribution in [-0.2, 0) is 0 Å². The van der Waals surface area contributed by atoms with Crippen molar-refractivity contribution in [1.82, 2.24) is 24.9 Å². The summed E-state index contributed by atoms with van der Waals surface area (Å²) in [5, 5.41) is 14.3. The first-order valence-corrected chi connectivity index (χ1v) is 9.57. The van der Waals surface area contributed by atoms with Gasteiger partial charge in [-0.1, -0.05) is 0 Å². The summed E-state index contributed by atoms with van der Waals surface area (Å²) in [6, 6.07) is 6.98. The van der Waals surface area contributed by atoms with Gasteiger partial charge >= 0.3 is 0 Å². The number of ether oxygens (including phenoxy) is 1. The van der Waals surface area contributed by atoms with Crippen LogP contribution in [0.3, 0.4) is 0 Å². The van der Waals surface area contributed by atoms with Crippen LogP contribution in [0.2, 0.25) is 0 Å². The number of fused-ring (bicyclic) bond motifs is 1. The third-order valence-corrected chi connectivity index (χ3v) is 5.18. The molecule has 5 rings (SSSR count). The topological polar surface area (TPSA) is 109 Å². The Bertz CT molecular complexity index is 1210. The van der Waals surface area contributed by atoms with Crippen molar-refractivity contribution in [3.63, 3.8) is 0 Å². The molecule has 4 heterocycles. The van der Waals surface area contributed by atoms with E-state index in [-0.39, 0.29) is 5.56 Å². The lowest BCUT2D eigenvalue weighted by atomic mass is 10.0. The molecule has 1 aliphatic rings. The summed E-state index contributed by atoms with van der Waals surface area (Å²) in [4.78, 5) is 19.5. The maximum absolute atomic E-state index is 14.8. The predicted molar refractivity (Wildman–Crippen MR) is 108 cm³/mol. The number of nitrogens with zero attached hydrogens (tertiary/aromatic N) is 4. The number of H-pyrrole nitrogens is 1. The van der Waals surface area contributed by atoms with Gasteiger partial charge in [-0.25, -0.2) is 15.0 Å². The zero-order valence-corrected chi connectivity index (χ0v) is 16.1. The molecule has 0 aromatic carbocycles. The first kappa shape index (κ1) is 18.4. The number of pyridine rings is 2. The highest BCUT2D eigenvalue weighted by Gasteiger charge is 2.25. The zero-order chi connectivity index (χ0) is 20.7. The average Bonchev–Trinajstić information content (AvgIpc) is 3.52. The van der Waals surface area contributed by atoms with Gasteiger partial charge in [-0.15, -0.1) is 0 Å². The molecule has 3 N–H and O–H groups in total. The fraction of sp³-hybridized carbons (Fsp3) is 0.238. The highest BCUT2D eigenvalue weighted by atomic mass is 19.1. The number of nitrogens with one attached hydrogen (secondary N) is 2. The number of aromatic nitrogens is 5. The van der Waals surface area contributed by atoms with Gasteiger partial charge in [0.25, 0.3) is 0 Å². The van der Waals surface area contributed by atoms with Gasteiger partial charge in [0.05, 0.1) is 24.4 Å². The van der Waals surface area contributed by atoms with Crippen LogP contribution in [-0.4, -0.2) is 37.1 Å². The van der Waals surface area contributed by atoms with Crippen LogP contribution in [0.4, 0.5) is 15.9 Å². The molecule has 0 spiro atoms. The minimum Gasteiger partial charge on any atom is -0.480 e. The van der Waals surface area contributed by atoms with E-state index in [2.05, 4.69) is 30.2 Å². The zero-order valence-electron chi connectivity index (χ0n) is 16.1. The molecule has 1 atom stereocenters. The molecular formula is C21H19FN6O2. The van der Waals surface area contributed by atoms with E-state index in [0.717, 1.165) is 11.4 Å². The molecule has 8 nitrogen and oxygen atoms in total. The van der Waals surface area contributed by atoms with Gasteiger partial charge in [0.2, 0.25) is 11.8 Å². The number of hydrogen-bond donors (Lipinski definition) is 3. The lowest BCUT2D eigenvalue weighted by Crippen LogP contribution is -2.06. The van der Waals surface area contributed by atoms with E-state index in [0.29, 0.717) is 34.2 Å². The maximum Gasteiger partial charge on any atom is 0.226 e. The highest BCUT2D eigenvalue weighted by molar-refractivity contribution is 5.85. The minimum absolute atomic E-state index is 0.0366. The lowest BCUT2D eigenvalue weighted by Gasteiger charge is -2.13. The standard InChI is InChI=1S/C21H19FN6O2/c1-30-21-17-14(9-24-20(17)25-10-26-21)18(29)13-5-7-16(28-19(13)22)27-12-4-6-15(23-8-12)11-2-3-11/h4-11,18,29H,2-3H2,1H3,(H,27,28)(H,24,25,26). The van der Waals surface area contributed by atoms with Crippen LogP contribution in [0.25, 0.3) is 11.0 Å². The van der Waals surface area contributed by atoms with Gasteiger partial charge in [0.1, 0.15) is 23.9 Å². The molecule has 0 amide bonds. The summed E-state index contributed by atoms with van der Waals surface area (Å²) in [6.45, 7) is 0. The van der Waals surface area contributed by atoms with E-state index in [1.807, 2.05) is 12.1 Å². The first-order chi connectivity index (χ1) is 14.6. The van der Waals surface area contributed by atoms with E-state index in [1.54, 1.807) is 18.5 Å². The van der Waals surface area contributed by atoms with Crippen LogP contribution in [0.1, 0.15) is 41.7 Å². The summed E-state index contributed by atoms with van der Waals surface area (Å²) in [7, 11) is 1.47. The Morgan fingerprint density at radius 1 is 1.17 bits per heavy atom. The summed E-state index contributed by atoms with van der Waals surface area (Å²) in [5.41, 5.74) is 2.73. The number of aliphatic hydroxyl groups is 1. The smallest absolute Gasteiger partial charge is 0.226 e. The number of rotatable bonds is 6. The van der Waals surface area contributed by atoms with Crippen LogP contribution in [0.15, 0.2) is 43.0 Å². The molecule has 4 aromatic rings.